The first-order valence-corrected chi connectivity index (χ1v) is 16.5. The summed E-state index contributed by atoms with van der Waals surface area (Å²) in [5, 5.41) is 0. The summed E-state index contributed by atoms with van der Waals surface area (Å²) in [6, 6.07) is 22.3. The van der Waals surface area contributed by atoms with E-state index in [1.165, 1.54) is 26.0 Å². The number of hydrogen-bond donors (Lipinski definition) is 0. The minimum absolute atomic E-state index is 0.236. The Morgan fingerprint density at radius 2 is 0.840 bits per heavy atom. The van der Waals surface area contributed by atoms with E-state index in [4.69, 9.17) is 18.9 Å². The van der Waals surface area contributed by atoms with Gasteiger partial charge in [-0.2, -0.15) is 0 Å². The van der Waals surface area contributed by atoms with Crippen LogP contribution in [0.5, 0.6) is 0 Å². The summed E-state index contributed by atoms with van der Waals surface area (Å²) in [5.41, 5.74) is 4.85. The van der Waals surface area contributed by atoms with Crippen molar-refractivity contribution in [2.24, 2.45) is 9.98 Å². The Hall–Kier alpha value is -5.64. The van der Waals surface area contributed by atoms with Crippen molar-refractivity contribution in [1.29, 1.82) is 0 Å². The van der Waals surface area contributed by atoms with Gasteiger partial charge in [0, 0.05) is 24.6 Å². The maximum Gasteiger partial charge on any atom is 0.347 e. The lowest BCUT2D eigenvalue weighted by atomic mass is 10.1. The summed E-state index contributed by atoms with van der Waals surface area (Å²) in [4.78, 5) is 57.1. The fourth-order valence-corrected chi connectivity index (χ4v) is 3.92. The third-order valence-corrected chi connectivity index (χ3v) is 7.31. The molecule has 0 aromatic heterocycles. The maximum absolute atomic E-state index is 12.1. The van der Waals surface area contributed by atoms with Crippen LogP contribution in [0.1, 0.15) is 76.6 Å². The van der Waals surface area contributed by atoms with Gasteiger partial charge >= 0.3 is 23.9 Å². The molecular formula is C40H44N2O8. The molecule has 50 heavy (non-hydrogen) atoms. The Kier molecular flexibility index (Phi) is 15.5. The van der Waals surface area contributed by atoms with Gasteiger partial charge in [0.15, 0.2) is 12.2 Å². The Bertz CT molecular complexity index is 1560. The molecule has 0 fully saturated rings. The minimum Gasteiger partial charge on any atom is -0.460 e. The summed E-state index contributed by atoms with van der Waals surface area (Å²) in [5.74, 6) is -2.41. The van der Waals surface area contributed by atoms with Crippen molar-refractivity contribution < 1.29 is 38.1 Å². The van der Waals surface area contributed by atoms with Crippen LogP contribution in [0.25, 0.3) is 12.2 Å². The summed E-state index contributed by atoms with van der Waals surface area (Å²) in [6.07, 6.45) is 8.16. The average Bonchev–Trinajstić information content (AvgIpc) is 3.12. The van der Waals surface area contributed by atoms with E-state index in [2.05, 4.69) is 9.98 Å². The zero-order valence-electron chi connectivity index (χ0n) is 29.3. The molecule has 0 heterocycles. The highest BCUT2D eigenvalue weighted by Gasteiger charge is 2.21. The van der Waals surface area contributed by atoms with Crippen molar-refractivity contribution in [1.82, 2.24) is 0 Å². The Labute approximate surface area is 293 Å². The molecule has 0 spiro atoms. The van der Waals surface area contributed by atoms with Gasteiger partial charge in [-0.25, -0.2) is 19.2 Å². The first-order chi connectivity index (χ1) is 23.9. The number of rotatable bonds is 16. The maximum atomic E-state index is 12.1. The minimum atomic E-state index is -0.988. The molecule has 0 saturated heterocycles. The van der Waals surface area contributed by atoms with Gasteiger partial charge in [-0.05, 0) is 99.2 Å². The molecule has 0 bridgehead atoms. The zero-order valence-corrected chi connectivity index (χ0v) is 29.3. The van der Waals surface area contributed by atoms with Crippen molar-refractivity contribution >= 4 is 59.8 Å². The van der Waals surface area contributed by atoms with Crippen LogP contribution in [-0.2, 0) is 38.1 Å². The van der Waals surface area contributed by atoms with Crippen LogP contribution in [0.4, 0.5) is 11.4 Å². The average molecular weight is 681 g/mol. The smallest absolute Gasteiger partial charge is 0.347 e. The van der Waals surface area contributed by atoms with Crippen LogP contribution in [0.15, 0.2) is 94.9 Å². The molecule has 0 radical (unpaired) electrons. The van der Waals surface area contributed by atoms with Gasteiger partial charge in [0.05, 0.1) is 23.6 Å². The fourth-order valence-electron chi connectivity index (χ4n) is 3.92. The fraction of sp³-hybridized carbons (Fsp3) is 0.300. The number of ether oxygens (including phenoxy) is 4. The van der Waals surface area contributed by atoms with Crippen LogP contribution in [0.2, 0.25) is 0 Å². The lowest BCUT2D eigenvalue weighted by Gasteiger charge is -2.15. The predicted molar refractivity (Wildman–Crippen MR) is 195 cm³/mol. The van der Waals surface area contributed by atoms with Crippen molar-refractivity contribution in [2.45, 2.75) is 78.8 Å². The highest BCUT2D eigenvalue weighted by molar-refractivity contribution is 5.90. The number of hydrogen-bond acceptors (Lipinski definition) is 10. The molecule has 0 aliphatic carbocycles. The lowest BCUT2D eigenvalue weighted by Crippen LogP contribution is -2.28. The first-order valence-electron chi connectivity index (χ1n) is 16.5. The molecule has 0 aliphatic rings. The molecule has 10 heteroatoms. The summed E-state index contributed by atoms with van der Waals surface area (Å²) >= 11 is 0. The lowest BCUT2D eigenvalue weighted by molar-refractivity contribution is -0.167. The molecule has 3 aromatic carbocycles. The zero-order chi connectivity index (χ0) is 36.5. The Balaban J connectivity index is 1.46. The second kappa shape index (κ2) is 20.0. The third-order valence-electron chi connectivity index (χ3n) is 7.31. The number of esters is 4. The monoisotopic (exact) mass is 680 g/mol. The predicted octanol–water partition coefficient (Wildman–Crippen LogP) is 7.76. The molecule has 3 aromatic rings. The van der Waals surface area contributed by atoms with Crippen LogP contribution >= 0.6 is 0 Å². The molecule has 3 rings (SSSR count). The van der Waals surface area contributed by atoms with Crippen LogP contribution < -0.4 is 0 Å². The van der Waals surface area contributed by atoms with E-state index in [9.17, 15) is 19.2 Å². The van der Waals surface area contributed by atoms with E-state index < -0.39 is 36.1 Å². The molecule has 4 atom stereocenters. The molecule has 0 N–H and O–H groups in total. The molecule has 0 saturated carbocycles. The van der Waals surface area contributed by atoms with E-state index in [1.807, 2.05) is 86.6 Å². The standard InChI is InChI=1S/C40H44N2O8/c1-7-27(3)47-39(45)29(5)49-37(43)23-17-31-13-19-35(20-14-31)41-25-33-9-11-34(12-10-33)26-42-36-21-15-32(16-22-36)18-24-38(44)50-30(6)40(46)48-28(4)8-2/h9-30H,7-8H2,1-6H3/b23-17+,24-18+,41-25?,42-26?/t27?,28?,29-,30-/m1/s1. The Morgan fingerprint density at radius 3 is 1.16 bits per heavy atom. The topological polar surface area (TPSA) is 130 Å². The van der Waals surface area contributed by atoms with Crippen LogP contribution in [0.3, 0.4) is 0 Å². The highest BCUT2D eigenvalue weighted by Crippen LogP contribution is 2.16. The second-order valence-electron chi connectivity index (χ2n) is 11.5. The number of carbonyl (C=O) groups is 4. The van der Waals surface area contributed by atoms with Gasteiger partial charge in [-0.1, -0.05) is 62.4 Å². The number of nitrogens with zero attached hydrogens (tertiary/aromatic N) is 2. The molecule has 262 valence electrons. The number of aliphatic imine (C=N–C) groups is 2. The van der Waals surface area contributed by atoms with Gasteiger partial charge in [-0.3, -0.25) is 9.98 Å². The molecule has 10 nitrogen and oxygen atoms in total. The van der Waals surface area contributed by atoms with Crippen molar-refractivity contribution in [2.75, 3.05) is 0 Å². The van der Waals surface area contributed by atoms with E-state index in [1.54, 1.807) is 38.4 Å². The second-order valence-corrected chi connectivity index (χ2v) is 11.5. The summed E-state index contributed by atoms with van der Waals surface area (Å²) in [7, 11) is 0. The third kappa shape index (κ3) is 13.8. The van der Waals surface area contributed by atoms with Crippen LogP contribution in [-0.4, -0.2) is 60.7 Å². The molecule has 2 unspecified atom stereocenters. The van der Waals surface area contributed by atoms with Crippen molar-refractivity contribution in [3.8, 4) is 0 Å². The van der Waals surface area contributed by atoms with E-state index in [-0.39, 0.29) is 12.2 Å². The first kappa shape index (κ1) is 38.8. The van der Waals surface area contributed by atoms with E-state index >= 15 is 0 Å². The molecule has 0 aliphatic heterocycles. The SMILES string of the molecule is CCC(C)OC(=O)[C@@H](C)OC(=O)/C=C/c1ccc(N=Cc2ccc(C=Nc3ccc(/C=C/C(=O)O[C@H](C)C(=O)OC(C)CC)cc3)cc2)cc1. The van der Waals surface area contributed by atoms with Gasteiger partial charge in [0.1, 0.15) is 0 Å². The van der Waals surface area contributed by atoms with Crippen molar-refractivity contribution in [3.05, 3.63) is 107 Å². The summed E-state index contributed by atoms with van der Waals surface area (Å²) in [6.45, 7) is 10.3. The quantitative estimate of drug-likeness (QED) is 0.0650. The molecular weight excluding hydrogens is 636 g/mol. The van der Waals surface area contributed by atoms with Gasteiger partial charge in [0.2, 0.25) is 0 Å². The van der Waals surface area contributed by atoms with Crippen LogP contribution in [0, 0.1) is 0 Å². The number of benzene rings is 3. The van der Waals surface area contributed by atoms with Gasteiger partial charge in [0.25, 0.3) is 0 Å². The molecule has 0 amide bonds. The summed E-state index contributed by atoms with van der Waals surface area (Å²) < 4.78 is 20.6. The van der Waals surface area contributed by atoms with E-state index in [0.29, 0.717) is 12.8 Å². The highest BCUT2D eigenvalue weighted by atomic mass is 16.6. The Morgan fingerprint density at radius 1 is 0.520 bits per heavy atom. The largest absolute Gasteiger partial charge is 0.460 e. The van der Waals surface area contributed by atoms with Crippen molar-refractivity contribution in [3.63, 3.8) is 0 Å². The van der Waals surface area contributed by atoms with Gasteiger partial charge in [-0.15, -0.1) is 0 Å². The number of carbonyl (C=O) groups excluding carboxylic acids is 4. The van der Waals surface area contributed by atoms with Gasteiger partial charge < -0.3 is 18.9 Å². The van der Waals surface area contributed by atoms with E-state index in [0.717, 1.165) is 33.6 Å². The normalized spacial score (nSPS) is 14.0.